The van der Waals surface area contributed by atoms with Gasteiger partial charge in [-0.15, -0.1) is 0 Å². The van der Waals surface area contributed by atoms with Crippen LogP contribution < -0.4 is 9.64 Å². The van der Waals surface area contributed by atoms with Gasteiger partial charge in [0.1, 0.15) is 5.75 Å². The average Bonchev–Trinajstić information content (AvgIpc) is 3.39. The predicted octanol–water partition coefficient (Wildman–Crippen LogP) is 14.8. The molecule has 9 aromatic rings. The third kappa shape index (κ3) is 5.62. The Morgan fingerprint density at radius 3 is 1.35 bits per heavy atom. The van der Waals surface area contributed by atoms with Crippen LogP contribution in [-0.2, 0) is 0 Å². The summed E-state index contributed by atoms with van der Waals surface area (Å²) in [6.45, 7) is 0. The van der Waals surface area contributed by atoms with Crippen LogP contribution in [-0.4, -0.2) is 0 Å². The van der Waals surface area contributed by atoms with Gasteiger partial charge in [-0.1, -0.05) is 164 Å². The van der Waals surface area contributed by atoms with Crippen molar-refractivity contribution in [1.82, 2.24) is 0 Å². The monoisotopic (exact) mass is 689 g/mol. The van der Waals surface area contributed by atoms with Gasteiger partial charge in [-0.2, -0.15) is 0 Å². The van der Waals surface area contributed by atoms with Crippen LogP contribution in [0.1, 0.15) is 0 Å². The highest BCUT2D eigenvalue weighted by Crippen LogP contribution is 2.55. The summed E-state index contributed by atoms with van der Waals surface area (Å²) in [6, 6.07) is 75.7. The average molecular weight is 690 g/mol. The summed E-state index contributed by atoms with van der Waals surface area (Å²) in [6.07, 6.45) is 0. The van der Waals surface area contributed by atoms with E-state index in [1.807, 2.05) is 0 Å². The van der Waals surface area contributed by atoms with Gasteiger partial charge in [0, 0.05) is 22.5 Å². The molecule has 0 spiro atoms. The van der Waals surface area contributed by atoms with Crippen molar-refractivity contribution in [3.63, 3.8) is 0 Å². The Bertz CT molecular complexity index is 2670. The van der Waals surface area contributed by atoms with E-state index < -0.39 is 0 Å². The molecule has 1 aliphatic heterocycles. The van der Waals surface area contributed by atoms with Crippen LogP contribution in [0.5, 0.6) is 11.5 Å². The Morgan fingerprint density at radius 1 is 0.315 bits per heavy atom. The van der Waals surface area contributed by atoms with Crippen molar-refractivity contribution in [2.24, 2.45) is 0 Å². The van der Waals surface area contributed by atoms with Crippen molar-refractivity contribution in [3.8, 4) is 67.1 Å². The molecule has 9 aromatic carbocycles. The fraction of sp³-hybridized carbons (Fsp3) is 0. The standard InChI is InChI=1S/C52H35NO/c1-4-14-36(15-5-1)38-26-30-43(31-27-38)53(44-32-28-39(29-33-44)37-16-6-2-7-17-37)49-24-12-23-46-47-34-41-20-10-11-21-42(41)35-48(47)51-45(40-18-8-3-9-19-40)22-13-25-50(51)54-52(46)49/h1-35H. The molecule has 254 valence electrons. The lowest BCUT2D eigenvalue weighted by Gasteiger charge is -2.28. The Labute approximate surface area is 315 Å². The van der Waals surface area contributed by atoms with E-state index in [1.165, 1.54) is 33.0 Å². The maximum absolute atomic E-state index is 7.27. The summed E-state index contributed by atoms with van der Waals surface area (Å²) >= 11 is 0. The number of hydrogen-bond acceptors (Lipinski definition) is 2. The number of fused-ring (bicyclic) bond motifs is 6. The molecule has 1 heterocycles. The Balaban J connectivity index is 1.20. The smallest absolute Gasteiger partial charge is 0.159 e. The number of anilines is 3. The quantitative estimate of drug-likeness (QED) is 0.172. The molecular formula is C52H35NO. The number of ether oxygens (including phenoxy) is 1. The maximum atomic E-state index is 7.27. The van der Waals surface area contributed by atoms with Gasteiger partial charge in [-0.3, -0.25) is 0 Å². The van der Waals surface area contributed by atoms with Gasteiger partial charge in [0.15, 0.2) is 5.75 Å². The second kappa shape index (κ2) is 13.4. The largest absolute Gasteiger partial charge is 0.454 e. The van der Waals surface area contributed by atoms with Gasteiger partial charge in [0.05, 0.1) is 5.69 Å². The van der Waals surface area contributed by atoms with Crippen molar-refractivity contribution in [2.45, 2.75) is 0 Å². The van der Waals surface area contributed by atoms with Gasteiger partial charge in [0.2, 0.25) is 0 Å². The van der Waals surface area contributed by atoms with Crippen molar-refractivity contribution < 1.29 is 4.74 Å². The summed E-state index contributed by atoms with van der Waals surface area (Å²) in [5.74, 6) is 1.65. The van der Waals surface area contributed by atoms with Crippen LogP contribution in [0.3, 0.4) is 0 Å². The van der Waals surface area contributed by atoms with E-state index in [0.717, 1.165) is 61.9 Å². The van der Waals surface area contributed by atoms with Gasteiger partial charge in [0.25, 0.3) is 0 Å². The molecule has 0 saturated heterocycles. The van der Waals surface area contributed by atoms with Gasteiger partial charge in [-0.05, 0) is 104 Å². The number of benzene rings is 9. The number of nitrogens with zero attached hydrogens (tertiary/aromatic N) is 1. The first kappa shape index (κ1) is 31.6. The molecule has 0 unspecified atom stereocenters. The van der Waals surface area contributed by atoms with E-state index in [0.29, 0.717) is 0 Å². The van der Waals surface area contributed by atoms with E-state index in [1.54, 1.807) is 0 Å². The highest BCUT2D eigenvalue weighted by Gasteiger charge is 2.28. The molecule has 0 fully saturated rings. The van der Waals surface area contributed by atoms with Crippen LogP contribution in [0, 0.1) is 0 Å². The summed E-state index contributed by atoms with van der Waals surface area (Å²) in [5, 5.41) is 2.39. The zero-order valence-electron chi connectivity index (χ0n) is 29.6. The molecule has 0 aliphatic carbocycles. The fourth-order valence-corrected chi connectivity index (χ4v) is 7.85. The molecule has 2 nitrogen and oxygen atoms in total. The van der Waals surface area contributed by atoms with E-state index in [-0.39, 0.29) is 0 Å². The Morgan fingerprint density at radius 2 is 0.778 bits per heavy atom. The van der Waals surface area contributed by atoms with Crippen LogP contribution in [0.4, 0.5) is 17.1 Å². The number of hydrogen-bond donors (Lipinski definition) is 0. The second-order valence-electron chi connectivity index (χ2n) is 13.7. The van der Waals surface area contributed by atoms with Crippen molar-refractivity contribution in [3.05, 3.63) is 212 Å². The lowest BCUT2D eigenvalue weighted by atomic mass is 9.87. The normalized spacial score (nSPS) is 11.5. The Hall–Kier alpha value is -7.16. The minimum Gasteiger partial charge on any atom is -0.454 e. The van der Waals surface area contributed by atoms with Gasteiger partial charge >= 0.3 is 0 Å². The molecule has 0 radical (unpaired) electrons. The molecule has 10 rings (SSSR count). The fourth-order valence-electron chi connectivity index (χ4n) is 7.85. The maximum Gasteiger partial charge on any atom is 0.159 e. The third-order valence-electron chi connectivity index (χ3n) is 10.5. The first-order chi connectivity index (χ1) is 26.8. The van der Waals surface area contributed by atoms with E-state index >= 15 is 0 Å². The van der Waals surface area contributed by atoms with E-state index in [9.17, 15) is 0 Å². The van der Waals surface area contributed by atoms with E-state index in [2.05, 4.69) is 217 Å². The number of rotatable bonds is 6. The van der Waals surface area contributed by atoms with Crippen LogP contribution in [0.15, 0.2) is 212 Å². The summed E-state index contributed by atoms with van der Waals surface area (Å²) in [7, 11) is 0. The number of para-hydroxylation sites is 1. The summed E-state index contributed by atoms with van der Waals surface area (Å²) in [5.41, 5.74) is 14.5. The third-order valence-corrected chi connectivity index (χ3v) is 10.5. The van der Waals surface area contributed by atoms with Crippen molar-refractivity contribution in [1.29, 1.82) is 0 Å². The minimum absolute atomic E-state index is 0.817. The molecule has 0 N–H and O–H groups in total. The highest BCUT2D eigenvalue weighted by molar-refractivity contribution is 6.04. The zero-order valence-corrected chi connectivity index (χ0v) is 29.6. The van der Waals surface area contributed by atoms with Crippen LogP contribution in [0.2, 0.25) is 0 Å². The van der Waals surface area contributed by atoms with Crippen molar-refractivity contribution in [2.75, 3.05) is 4.90 Å². The van der Waals surface area contributed by atoms with Crippen LogP contribution in [0.25, 0.3) is 66.4 Å². The molecule has 1 aliphatic rings. The minimum atomic E-state index is 0.817. The highest BCUT2D eigenvalue weighted by atomic mass is 16.5. The summed E-state index contributed by atoms with van der Waals surface area (Å²) < 4.78 is 7.27. The second-order valence-corrected chi connectivity index (χ2v) is 13.7. The van der Waals surface area contributed by atoms with E-state index in [4.69, 9.17) is 4.74 Å². The molecular weight excluding hydrogens is 655 g/mol. The lowest BCUT2D eigenvalue weighted by molar-refractivity contribution is 0.489. The zero-order chi connectivity index (χ0) is 35.8. The first-order valence-corrected chi connectivity index (χ1v) is 18.4. The molecule has 2 heteroatoms. The van der Waals surface area contributed by atoms with Crippen molar-refractivity contribution >= 4 is 27.8 Å². The topological polar surface area (TPSA) is 12.5 Å². The van der Waals surface area contributed by atoms with Gasteiger partial charge in [-0.25, -0.2) is 0 Å². The first-order valence-electron chi connectivity index (χ1n) is 18.4. The molecule has 0 saturated carbocycles. The molecule has 0 atom stereocenters. The Kier molecular flexibility index (Phi) is 7.85. The van der Waals surface area contributed by atoms with Crippen LogP contribution >= 0.6 is 0 Å². The molecule has 0 bridgehead atoms. The molecule has 0 amide bonds. The lowest BCUT2D eigenvalue weighted by Crippen LogP contribution is -2.11. The molecule has 54 heavy (non-hydrogen) atoms. The summed E-state index contributed by atoms with van der Waals surface area (Å²) in [4.78, 5) is 2.33. The van der Waals surface area contributed by atoms with Gasteiger partial charge < -0.3 is 9.64 Å². The SMILES string of the molecule is c1ccc(-c2ccc(N(c3ccc(-c4ccccc4)cc3)c3cccc4c3Oc3cccc(-c5ccccc5)c3-c3cc5ccccc5cc3-4)cc2)cc1. The predicted molar refractivity (Wildman–Crippen MR) is 226 cm³/mol. The molecule has 0 aromatic heterocycles.